The first kappa shape index (κ1) is 13.9. The van der Waals surface area contributed by atoms with Gasteiger partial charge in [0.25, 0.3) is 9.05 Å². The zero-order valence-electron chi connectivity index (χ0n) is 10.3. The molecule has 5 nitrogen and oxygen atoms in total. The lowest BCUT2D eigenvalue weighted by Gasteiger charge is -2.08. The monoisotopic (exact) mass is 300 g/mol. The quantitative estimate of drug-likeness (QED) is 0.794. The van der Waals surface area contributed by atoms with Crippen LogP contribution < -0.4 is 4.74 Å². The Morgan fingerprint density at radius 3 is 2.53 bits per heavy atom. The van der Waals surface area contributed by atoms with E-state index in [1.54, 1.807) is 18.3 Å². The predicted molar refractivity (Wildman–Crippen MR) is 71.9 cm³/mol. The van der Waals surface area contributed by atoms with Crippen LogP contribution in [-0.2, 0) is 15.6 Å². The summed E-state index contributed by atoms with van der Waals surface area (Å²) in [5, 5.41) is 0. The Hall–Kier alpha value is -1.53. The number of ether oxygens (including phenoxy) is 1. The second-order valence-corrected chi connectivity index (χ2v) is 6.49. The number of rotatable bonds is 5. The van der Waals surface area contributed by atoms with Crippen molar-refractivity contribution in [1.82, 2.24) is 9.55 Å². The van der Waals surface area contributed by atoms with Crippen molar-refractivity contribution < 1.29 is 13.2 Å². The Morgan fingerprint density at radius 2 is 2.00 bits per heavy atom. The van der Waals surface area contributed by atoms with Crippen molar-refractivity contribution in [1.29, 1.82) is 0 Å². The van der Waals surface area contributed by atoms with Gasteiger partial charge in [0.05, 0.1) is 11.4 Å². The SMILES string of the molecule is Cc1nccn1CCOc1ccc(S(=O)(=O)Cl)cc1. The summed E-state index contributed by atoms with van der Waals surface area (Å²) in [4.78, 5) is 4.17. The Kier molecular flexibility index (Phi) is 4.11. The Labute approximate surface area is 116 Å². The summed E-state index contributed by atoms with van der Waals surface area (Å²) < 4.78 is 29.6. The zero-order valence-corrected chi connectivity index (χ0v) is 11.9. The van der Waals surface area contributed by atoms with Gasteiger partial charge in [0.1, 0.15) is 18.2 Å². The van der Waals surface area contributed by atoms with E-state index in [9.17, 15) is 8.42 Å². The molecule has 2 rings (SSSR count). The minimum absolute atomic E-state index is 0.0620. The maximum absolute atomic E-state index is 11.1. The molecular formula is C12H13ClN2O3S. The van der Waals surface area contributed by atoms with E-state index >= 15 is 0 Å². The molecule has 1 aromatic heterocycles. The van der Waals surface area contributed by atoms with Gasteiger partial charge in [0.2, 0.25) is 0 Å². The average Bonchev–Trinajstić information content (AvgIpc) is 2.75. The van der Waals surface area contributed by atoms with E-state index in [-0.39, 0.29) is 4.90 Å². The molecule has 2 aromatic rings. The van der Waals surface area contributed by atoms with Gasteiger partial charge in [-0.2, -0.15) is 0 Å². The van der Waals surface area contributed by atoms with Crippen LogP contribution in [0.5, 0.6) is 5.75 Å². The molecule has 19 heavy (non-hydrogen) atoms. The lowest BCUT2D eigenvalue weighted by atomic mass is 10.3. The maximum atomic E-state index is 11.1. The smallest absolute Gasteiger partial charge is 0.261 e. The second-order valence-electron chi connectivity index (χ2n) is 3.93. The number of halogens is 1. The maximum Gasteiger partial charge on any atom is 0.261 e. The molecular weight excluding hydrogens is 288 g/mol. The first-order valence-corrected chi connectivity index (χ1v) is 7.93. The van der Waals surface area contributed by atoms with Crippen molar-refractivity contribution in [3.05, 3.63) is 42.5 Å². The van der Waals surface area contributed by atoms with Crippen molar-refractivity contribution in [3.8, 4) is 5.75 Å². The third-order valence-electron chi connectivity index (χ3n) is 2.63. The minimum atomic E-state index is -3.68. The highest BCUT2D eigenvalue weighted by atomic mass is 35.7. The fourth-order valence-corrected chi connectivity index (χ4v) is 2.37. The summed E-state index contributed by atoms with van der Waals surface area (Å²) in [5.74, 6) is 1.52. The highest BCUT2D eigenvalue weighted by Crippen LogP contribution is 2.18. The van der Waals surface area contributed by atoms with Crippen LogP contribution in [0.4, 0.5) is 0 Å². The standard InChI is InChI=1S/C12H13ClN2O3S/c1-10-14-6-7-15(10)8-9-18-11-2-4-12(5-3-11)19(13,16)17/h2-7H,8-9H2,1H3. The van der Waals surface area contributed by atoms with Gasteiger partial charge in [0, 0.05) is 23.1 Å². The highest BCUT2D eigenvalue weighted by molar-refractivity contribution is 8.13. The summed E-state index contributed by atoms with van der Waals surface area (Å²) in [6.07, 6.45) is 3.61. The molecule has 0 saturated carbocycles. The molecule has 102 valence electrons. The van der Waals surface area contributed by atoms with Crippen molar-refractivity contribution in [3.63, 3.8) is 0 Å². The summed E-state index contributed by atoms with van der Waals surface area (Å²) in [7, 11) is 1.54. The summed E-state index contributed by atoms with van der Waals surface area (Å²) >= 11 is 0. The van der Waals surface area contributed by atoms with Gasteiger partial charge in [-0.25, -0.2) is 13.4 Å². The third kappa shape index (κ3) is 3.71. The fraction of sp³-hybridized carbons (Fsp3) is 0.250. The van der Waals surface area contributed by atoms with Crippen LogP contribution in [0.2, 0.25) is 0 Å². The molecule has 0 atom stereocenters. The number of nitrogens with zero attached hydrogens (tertiary/aromatic N) is 2. The van der Waals surface area contributed by atoms with Crippen LogP contribution in [0.1, 0.15) is 5.82 Å². The molecule has 0 aliphatic carbocycles. The molecule has 7 heteroatoms. The van der Waals surface area contributed by atoms with Crippen LogP contribution in [-0.4, -0.2) is 24.6 Å². The number of hydrogen-bond donors (Lipinski definition) is 0. The molecule has 1 aromatic carbocycles. The molecule has 0 bridgehead atoms. The molecule has 0 saturated heterocycles. The highest BCUT2D eigenvalue weighted by Gasteiger charge is 2.09. The van der Waals surface area contributed by atoms with E-state index in [4.69, 9.17) is 15.4 Å². The first-order valence-electron chi connectivity index (χ1n) is 5.62. The van der Waals surface area contributed by atoms with Gasteiger partial charge in [-0.1, -0.05) is 0 Å². The molecule has 0 radical (unpaired) electrons. The molecule has 0 fully saturated rings. The van der Waals surface area contributed by atoms with E-state index in [2.05, 4.69) is 4.98 Å². The van der Waals surface area contributed by atoms with Crippen LogP contribution >= 0.6 is 10.7 Å². The first-order chi connectivity index (χ1) is 8.97. The van der Waals surface area contributed by atoms with E-state index in [1.165, 1.54) is 12.1 Å². The molecule has 0 aliphatic heterocycles. The van der Waals surface area contributed by atoms with Gasteiger partial charge < -0.3 is 9.30 Å². The van der Waals surface area contributed by atoms with E-state index in [1.807, 2.05) is 17.7 Å². The van der Waals surface area contributed by atoms with E-state index in [0.29, 0.717) is 18.9 Å². The topological polar surface area (TPSA) is 61.2 Å². The fourth-order valence-electron chi connectivity index (χ4n) is 1.60. The Balaban J connectivity index is 1.92. The normalized spacial score (nSPS) is 11.5. The second kappa shape index (κ2) is 5.63. The number of aromatic nitrogens is 2. The van der Waals surface area contributed by atoms with Crippen LogP contribution in [0.3, 0.4) is 0 Å². The van der Waals surface area contributed by atoms with Crippen molar-refractivity contribution >= 4 is 19.7 Å². The molecule has 0 amide bonds. The van der Waals surface area contributed by atoms with Gasteiger partial charge in [-0.3, -0.25) is 0 Å². The average molecular weight is 301 g/mol. The molecule has 0 N–H and O–H groups in total. The van der Waals surface area contributed by atoms with Crippen molar-refractivity contribution in [2.24, 2.45) is 0 Å². The zero-order chi connectivity index (χ0) is 13.9. The lowest BCUT2D eigenvalue weighted by Crippen LogP contribution is -2.08. The van der Waals surface area contributed by atoms with Crippen molar-refractivity contribution in [2.75, 3.05) is 6.61 Å². The van der Waals surface area contributed by atoms with Crippen molar-refractivity contribution in [2.45, 2.75) is 18.4 Å². The van der Waals surface area contributed by atoms with Crippen LogP contribution in [0.15, 0.2) is 41.6 Å². The van der Waals surface area contributed by atoms with E-state index < -0.39 is 9.05 Å². The largest absolute Gasteiger partial charge is 0.492 e. The minimum Gasteiger partial charge on any atom is -0.492 e. The Bertz CT molecular complexity index is 650. The summed E-state index contributed by atoms with van der Waals surface area (Å²) in [5.41, 5.74) is 0. The van der Waals surface area contributed by atoms with Crippen LogP contribution in [0, 0.1) is 6.92 Å². The summed E-state index contributed by atoms with van der Waals surface area (Å²) in [6.45, 7) is 3.08. The van der Waals surface area contributed by atoms with Gasteiger partial charge in [0.15, 0.2) is 0 Å². The molecule has 0 aliphatic rings. The van der Waals surface area contributed by atoms with Gasteiger partial charge in [-0.05, 0) is 31.2 Å². The lowest BCUT2D eigenvalue weighted by molar-refractivity contribution is 0.297. The van der Waals surface area contributed by atoms with Gasteiger partial charge >= 0.3 is 0 Å². The summed E-state index contributed by atoms with van der Waals surface area (Å²) in [6, 6.07) is 5.99. The number of imidazole rings is 1. The van der Waals surface area contributed by atoms with Crippen LogP contribution in [0.25, 0.3) is 0 Å². The number of hydrogen-bond acceptors (Lipinski definition) is 4. The molecule has 1 heterocycles. The van der Waals surface area contributed by atoms with Gasteiger partial charge in [-0.15, -0.1) is 0 Å². The predicted octanol–water partition coefficient (Wildman–Crippen LogP) is 2.20. The van der Waals surface area contributed by atoms with E-state index in [0.717, 1.165) is 5.82 Å². The molecule has 0 spiro atoms. The molecule has 0 unspecified atom stereocenters. The number of aryl methyl sites for hydroxylation is 1. The third-order valence-corrected chi connectivity index (χ3v) is 4.00. The Morgan fingerprint density at radius 1 is 1.32 bits per heavy atom. The number of benzene rings is 1.